The van der Waals surface area contributed by atoms with Crippen molar-refractivity contribution in [3.8, 4) is 0 Å². The van der Waals surface area contributed by atoms with Crippen molar-refractivity contribution in [3.05, 3.63) is 34.1 Å². The number of rotatable bonds is 2. The lowest BCUT2D eigenvalue weighted by Crippen LogP contribution is -2.59. The Hall–Kier alpha value is -1.96. The fraction of sp³-hybridized carbons (Fsp3) is 0.250. The molecule has 1 aromatic carbocycles. The average molecular weight is 345 g/mol. The van der Waals surface area contributed by atoms with E-state index in [2.05, 4.69) is 21.2 Å². The van der Waals surface area contributed by atoms with Gasteiger partial charge in [-0.3, -0.25) is 9.59 Å². The summed E-state index contributed by atoms with van der Waals surface area (Å²) >= 11 is 3.05. The number of piperazine rings is 1. The Kier molecular flexibility index (Phi) is 4.03. The number of carboxylic acids is 1. The number of amides is 2. The summed E-state index contributed by atoms with van der Waals surface area (Å²) in [7, 11) is 0. The highest BCUT2D eigenvalue weighted by Crippen LogP contribution is 2.21. The van der Waals surface area contributed by atoms with Crippen molar-refractivity contribution in [2.45, 2.75) is 6.04 Å². The van der Waals surface area contributed by atoms with Crippen LogP contribution in [0.2, 0.25) is 0 Å². The quantitative estimate of drug-likeness (QED) is 0.823. The van der Waals surface area contributed by atoms with Crippen molar-refractivity contribution >= 4 is 33.7 Å². The third kappa shape index (κ3) is 2.79. The van der Waals surface area contributed by atoms with Crippen molar-refractivity contribution in [1.82, 2.24) is 10.2 Å². The van der Waals surface area contributed by atoms with Gasteiger partial charge in [-0.2, -0.15) is 0 Å². The van der Waals surface area contributed by atoms with Crippen LogP contribution in [0.1, 0.15) is 10.4 Å². The van der Waals surface area contributed by atoms with Crippen molar-refractivity contribution in [2.24, 2.45) is 0 Å². The maximum Gasteiger partial charge on any atom is 0.328 e. The molecule has 1 saturated heterocycles. The second-order valence-corrected chi connectivity index (χ2v) is 5.07. The van der Waals surface area contributed by atoms with Crippen molar-refractivity contribution in [2.75, 3.05) is 13.1 Å². The molecule has 2 amide bonds. The Bertz CT molecular complexity index is 593. The Morgan fingerprint density at radius 2 is 2.15 bits per heavy atom. The zero-order valence-electron chi connectivity index (χ0n) is 10.1. The molecule has 1 aliphatic rings. The molecule has 0 radical (unpaired) electrons. The normalized spacial score (nSPS) is 18.6. The predicted octanol–water partition coefficient (Wildman–Crippen LogP) is 0.613. The molecule has 1 aromatic rings. The van der Waals surface area contributed by atoms with E-state index >= 15 is 0 Å². The van der Waals surface area contributed by atoms with Gasteiger partial charge in [0.1, 0.15) is 18.4 Å². The minimum absolute atomic E-state index is 0.104. The van der Waals surface area contributed by atoms with Crippen LogP contribution in [0.5, 0.6) is 0 Å². The van der Waals surface area contributed by atoms with E-state index in [1.165, 1.54) is 6.07 Å². The van der Waals surface area contributed by atoms with Crippen LogP contribution in [0.4, 0.5) is 4.39 Å². The number of carboxylic acid groups (broad SMARTS) is 1. The average Bonchev–Trinajstić information content (AvgIpc) is 2.37. The van der Waals surface area contributed by atoms with Crippen LogP contribution in [0, 0.1) is 5.82 Å². The first-order valence-electron chi connectivity index (χ1n) is 5.65. The second kappa shape index (κ2) is 5.58. The van der Waals surface area contributed by atoms with Crippen LogP contribution >= 0.6 is 15.9 Å². The number of hydrogen-bond donors (Lipinski definition) is 2. The van der Waals surface area contributed by atoms with E-state index in [1.54, 1.807) is 0 Å². The number of carbonyl (C=O) groups excluding carboxylic acids is 2. The molecule has 0 saturated carbocycles. The highest BCUT2D eigenvalue weighted by molar-refractivity contribution is 9.10. The molecule has 0 spiro atoms. The maximum atomic E-state index is 13.0. The lowest BCUT2D eigenvalue weighted by molar-refractivity contribution is -0.144. The summed E-state index contributed by atoms with van der Waals surface area (Å²) in [5, 5.41) is 11.5. The standard InChI is InChI=1S/C12H10BrFN2O4/c13-8-3-6(14)1-2-7(8)11(18)16-5-10(17)15-4-9(16)12(19)20/h1-3,9H,4-5H2,(H,15,17)(H,19,20). The third-order valence-electron chi connectivity index (χ3n) is 2.89. The first-order valence-corrected chi connectivity index (χ1v) is 6.45. The van der Waals surface area contributed by atoms with Crippen LogP contribution in [-0.4, -0.2) is 46.9 Å². The highest BCUT2D eigenvalue weighted by atomic mass is 79.9. The topological polar surface area (TPSA) is 86.7 Å². The van der Waals surface area contributed by atoms with E-state index < -0.39 is 29.6 Å². The lowest BCUT2D eigenvalue weighted by Gasteiger charge is -2.32. The van der Waals surface area contributed by atoms with E-state index in [1.807, 2.05) is 0 Å². The molecule has 20 heavy (non-hydrogen) atoms. The third-order valence-corrected chi connectivity index (χ3v) is 3.55. The maximum absolute atomic E-state index is 13.0. The summed E-state index contributed by atoms with van der Waals surface area (Å²) in [6.45, 7) is -0.502. The van der Waals surface area contributed by atoms with Gasteiger partial charge in [-0.05, 0) is 34.1 Å². The molecular weight excluding hydrogens is 335 g/mol. The van der Waals surface area contributed by atoms with Crippen LogP contribution < -0.4 is 5.32 Å². The van der Waals surface area contributed by atoms with Crippen LogP contribution in [0.15, 0.2) is 22.7 Å². The van der Waals surface area contributed by atoms with Gasteiger partial charge in [0.15, 0.2) is 0 Å². The molecule has 6 nitrogen and oxygen atoms in total. The van der Waals surface area contributed by atoms with Crippen molar-refractivity contribution < 1.29 is 23.9 Å². The Balaban J connectivity index is 2.33. The highest BCUT2D eigenvalue weighted by Gasteiger charge is 2.36. The van der Waals surface area contributed by atoms with Gasteiger partial charge in [0.2, 0.25) is 5.91 Å². The zero-order valence-corrected chi connectivity index (χ0v) is 11.7. The molecule has 106 valence electrons. The van der Waals surface area contributed by atoms with E-state index in [0.29, 0.717) is 0 Å². The number of carbonyl (C=O) groups is 3. The number of halogens is 2. The molecule has 1 unspecified atom stereocenters. The molecule has 0 bridgehead atoms. The minimum Gasteiger partial charge on any atom is -0.480 e. The van der Waals surface area contributed by atoms with Crippen LogP contribution in [0.25, 0.3) is 0 Å². The predicted molar refractivity (Wildman–Crippen MR) is 69.6 cm³/mol. The van der Waals surface area contributed by atoms with Crippen molar-refractivity contribution in [3.63, 3.8) is 0 Å². The van der Waals surface area contributed by atoms with Gasteiger partial charge in [-0.15, -0.1) is 0 Å². The fourth-order valence-corrected chi connectivity index (χ4v) is 2.41. The van der Waals surface area contributed by atoms with Gasteiger partial charge in [0.25, 0.3) is 5.91 Å². The summed E-state index contributed by atoms with van der Waals surface area (Å²) in [5.41, 5.74) is 0.104. The van der Waals surface area contributed by atoms with Gasteiger partial charge in [-0.1, -0.05) is 0 Å². The SMILES string of the molecule is O=C1CN(C(=O)c2ccc(F)cc2Br)C(C(=O)O)CN1. The molecule has 1 aliphatic heterocycles. The van der Waals surface area contributed by atoms with Gasteiger partial charge in [0, 0.05) is 11.0 Å². The molecular formula is C12H10BrFN2O4. The first-order chi connectivity index (χ1) is 9.40. The van der Waals surface area contributed by atoms with E-state index in [4.69, 9.17) is 5.11 Å². The molecule has 1 fully saturated rings. The van der Waals surface area contributed by atoms with Crippen LogP contribution in [0.3, 0.4) is 0 Å². The van der Waals surface area contributed by atoms with E-state index in [-0.39, 0.29) is 23.1 Å². The lowest BCUT2D eigenvalue weighted by atomic mass is 10.1. The molecule has 0 aliphatic carbocycles. The smallest absolute Gasteiger partial charge is 0.328 e. The second-order valence-electron chi connectivity index (χ2n) is 4.22. The summed E-state index contributed by atoms with van der Waals surface area (Å²) in [6.07, 6.45) is 0. The summed E-state index contributed by atoms with van der Waals surface area (Å²) in [6, 6.07) is 2.30. The summed E-state index contributed by atoms with van der Waals surface area (Å²) in [5.74, 6) is -2.82. The van der Waals surface area contributed by atoms with Gasteiger partial charge in [-0.25, -0.2) is 9.18 Å². The molecule has 0 aromatic heterocycles. The first kappa shape index (κ1) is 14.4. The van der Waals surface area contributed by atoms with E-state index in [9.17, 15) is 18.8 Å². The summed E-state index contributed by atoms with van der Waals surface area (Å²) in [4.78, 5) is 35.8. The molecule has 2 N–H and O–H groups in total. The number of aliphatic carboxylic acids is 1. The number of nitrogens with zero attached hydrogens (tertiary/aromatic N) is 1. The van der Waals surface area contributed by atoms with Gasteiger partial charge < -0.3 is 15.3 Å². The van der Waals surface area contributed by atoms with Crippen LogP contribution in [-0.2, 0) is 9.59 Å². The molecule has 1 atom stereocenters. The molecule has 8 heteroatoms. The largest absolute Gasteiger partial charge is 0.480 e. The Morgan fingerprint density at radius 1 is 1.45 bits per heavy atom. The number of benzene rings is 1. The van der Waals surface area contributed by atoms with Crippen molar-refractivity contribution in [1.29, 1.82) is 0 Å². The molecule has 2 rings (SSSR count). The Labute approximate surface area is 121 Å². The number of hydrogen-bond acceptors (Lipinski definition) is 3. The zero-order chi connectivity index (χ0) is 14.9. The van der Waals surface area contributed by atoms with Gasteiger partial charge in [0.05, 0.1) is 5.56 Å². The molecule has 1 heterocycles. The number of nitrogens with one attached hydrogen (secondary N) is 1. The van der Waals surface area contributed by atoms with E-state index in [0.717, 1.165) is 17.0 Å². The minimum atomic E-state index is -1.21. The monoisotopic (exact) mass is 344 g/mol. The summed E-state index contributed by atoms with van der Waals surface area (Å²) < 4.78 is 13.2. The van der Waals surface area contributed by atoms with Gasteiger partial charge >= 0.3 is 5.97 Å². The Morgan fingerprint density at radius 3 is 2.75 bits per heavy atom. The fourth-order valence-electron chi connectivity index (χ4n) is 1.89.